The van der Waals surface area contributed by atoms with Gasteiger partial charge < -0.3 is 9.47 Å². The molecule has 1 N–H and O–H groups in total. The summed E-state index contributed by atoms with van der Waals surface area (Å²) in [6, 6.07) is 2.43. The molecule has 0 aliphatic rings. The molecule has 0 saturated carbocycles. The van der Waals surface area contributed by atoms with Crippen molar-refractivity contribution in [2.24, 2.45) is 0 Å². The summed E-state index contributed by atoms with van der Waals surface area (Å²) in [7, 11) is 0. The number of rotatable bonds is 5. The number of hydrogen-bond donors (Lipinski definition) is 1. The van der Waals surface area contributed by atoms with E-state index in [1.807, 2.05) is 0 Å². The number of Topliss-reactive ketones (excluding diaryl/α,β-unsaturated/α-hetero) is 1. The third-order valence-corrected chi connectivity index (χ3v) is 1.76. The SMILES string of the molecule is CCOC(=O)[C@@H](Oc1ccc(=O)[nH]n1)C(C)=O. The first-order valence-corrected chi connectivity index (χ1v) is 4.94. The van der Waals surface area contributed by atoms with Crippen molar-refractivity contribution < 1.29 is 19.1 Å². The van der Waals surface area contributed by atoms with E-state index in [9.17, 15) is 14.4 Å². The smallest absolute Gasteiger partial charge is 0.355 e. The Morgan fingerprint density at radius 3 is 2.65 bits per heavy atom. The Morgan fingerprint density at radius 1 is 1.47 bits per heavy atom. The molecule has 1 atom stereocenters. The third kappa shape index (κ3) is 3.71. The van der Waals surface area contributed by atoms with Gasteiger partial charge in [0, 0.05) is 12.1 Å². The van der Waals surface area contributed by atoms with Crippen LogP contribution in [-0.4, -0.2) is 34.7 Å². The molecule has 7 nitrogen and oxygen atoms in total. The molecular formula is C10H12N2O5. The van der Waals surface area contributed by atoms with E-state index in [0.29, 0.717) is 0 Å². The predicted molar refractivity (Wildman–Crippen MR) is 56.6 cm³/mol. The van der Waals surface area contributed by atoms with Crippen molar-refractivity contribution in [3.63, 3.8) is 0 Å². The molecule has 0 aliphatic heterocycles. The van der Waals surface area contributed by atoms with E-state index in [-0.39, 0.29) is 12.5 Å². The Kier molecular flexibility index (Phi) is 4.38. The molecule has 0 bridgehead atoms. The van der Waals surface area contributed by atoms with Crippen molar-refractivity contribution in [2.75, 3.05) is 6.61 Å². The van der Waals surface area contributed by atoms with Crippen LogP contribution in [0.3, 0.4) is 0 Å². The molecule has 1 heterocycles. The maximum absolute atomic E-state index is 11.4. The van der Waals surface area contributed by atoms with Gasteiger partial charge in [0.1, 0.15) is 0 Å². The first kappa shape index (κ1) is 12.9. The lowest BCUT2D eigenvalue weighted by Gasteiger charge is -2.13. The van der Waals surface area contributed by atoms with Crippen LogP contribution in [0.25, 0.3) is 0 Å². The Morgan fingerprint density at radius 2 is 2.18 bits per heavy atom. The lowest BCUT2D eigenvalue weighted by molar-refractivity contribution is -0.155. The van der Waals surface area contributed by atoms with Gasteiger partial charge in [0.25, 0.3) is 11.7 Å². The molecule has 0 aliphatic carbocycles. The number of aromatic nitrogens is 2. The van der Waals surface area contributed by atoms with Gasteiger partial charge in [0.05, 0.1) is 6.61 Å². The minimum Gasteiger partial charge on any atom is -0.463 e. The molecule has 0 radical (unpaired) electrons. The van der Waals surface area contributed by atoms with Crippen molar-refractivity contribution in [1.29, 1.82) is 0 Å². The van der Waals surface area contributed by atoms with Gasteiger partial charge in [-0.3, -0.25) is 9.59 Å². The highest BCUT2D eigenvalue weighted by Crippen LogP contribution is 2.06. The Hall–Kier alpha value is -2.18. The average molecular weight is 240 g/mol. The highest BCUT2D eigenvalue weighted by atomic mass is 16.6. The number of ether oxygens (including phenoxy) is 2. The number of carbonyl (C=O) groups excluding carboxylic acids is 2. The number of ketones is 1. The molecule has 0 fully saturated rings. The molecule has 17 heavy (non-hydrogen) atoms. The molecule has 0 aromatic carbocycles. The van der Waals surface area contributed by atoms with Crippen molar-refractivity contribution in [3.8, 4) is 5.88 Å². The second-order valence-electron chi connectivity index (χ2n) is 3.12. The summed E-state index contributed by atoms with van der Waals surface area (Å²) in [6.45, 7) is 2.96. The van der Waals surface area contributed by atoms with Crippen molar-refractivity contribution >= 4 is 11.8 Å². The average Bonchev–Trinajstić information content (AvgIpc) is 2.28. The van der Waals surface area contributed by atoms with Crippen LogP contribution in [0, 0.1) is 0 Å². The monoisotopic (exact) mass is 240 g/mol. The highest BCUT2D eigenvalue weighted by molar-refractivity contribution is 6.01. The normalized spacial score (nSPS) is 11.6. The van der Waals surface area contributed by atoms with Gasteiger partial charge in [-0.1, -0.05) is 0 Å². The summed E-state index contributed by atoms with van der Waals surface area (Å²) in [4.78, 5) is 33.3. The lowest BCUT2D eigenvalue weighted by atomic mass is 10.2. The molecule has 92 valence electrons. The molecule has 0 spiro atoms. The van der Waals surface area contributed by atoms with Crippen LogP contribution in [0.2, 0.25) is 0 Å². The fourth-order valence-electron chi connectivity index (χ4n) is 1.03. The van der Waals surface area contributed by atoms with E-state index in [0.717, 1.165) is 0 Å². The zero-order valence-corrected chi connectivity index (χ0v) is 9.43. The number of esters is 1. The number of H-pyrrole nitrogens is 1. The lowest BCUT2D eigenvalue weighted by Crippen LogP contribution is -2.36. The van der Waals surface area contributed by atoms with E-state index < -0.39 is 23.4 Å². The molecule has 0 amide bonds. The first-order chi connectivity index (χ1) is 8.04. The van der Waals surface area contributed by atoms with Crippen LogP contribution >= 0.6 is 0 Å². The minimum atomic E-state index is -1.37. The minimum absolute atomic E-state index is 0.0298. The van der Waals surface area contributed by atoms with Gasteiger partial charge in [-0.2, -0.15) is 0 Å². The van der Waals surface area contributed by atoms with Crippen LogP contribution in [-0.2, 0) is 14.3 Å². The van der Waals surface area contributed by atoms with Gasteiger partial charge in [-0.25, -0.2) is 9.89 Å². The fraction of sp³-hybridized carbons (Fsp3) is 0.400. The van der Waals surface area contributed by atoms with Gasteiger partial charge >= 0.3 is 5.97 Å². The first-order valence-electron chi connectivity index (χ1n) is 4.94. The van der Waals surface area contributed by atoms with Crippen molar-refractivity contribution in [1.82, 2.24) is 10.2 Å². The van der Waals surface area contributed by atoms with Crippen LogP contribution in [0.15, 0.2) is 16.9 Å². The number of nitrogens with zero attached hydrogens (tertiary/aromatic N) is 1. The summed E-state index contributed by atoms with van der Waals surface area (Å²) in [5.74, 6) is -1.32. The van der Waals surface area contributed by atoms with Crippen molar-refractivity contribution in [2.45, 2.75) is 20.0 Å². The summed E-state index contributed by atoms with van der Waals surface area (Å²) in [5, 5.41) is 5.64. The maximum atomic E-state index is 11.4. The van der Waals surface area contributed by atoms with Gasteiger partial charge in [-0.05, 0) is 13.8 Å². The summed E-state index contributed by atoms with van der Waals surface area (Å²) in [6.07, 6.45) is -1.37. The predicted octanol–water partition coefficient (Wildman–Crippen LogP) is -0.331. The zero-order chi connectivity index (χ0) is 12.8. The topological polar surface area (TPSA) is 98.3 Å². The van der Waals surface area contributed by atoms with E-state index >= 15 is 0 Å². The number of aromatic amines is 1. The third-order valence-electron chi connectivity index (χ3n) is 1.76. The van der Waals surface area contributed by atoms with Crippen molar-refractivity contribution in [3.05, 3.63) is 22.5 Å². The standard InChI is InChI=1S/C10H12N2O5/c1-3-16-10(15)9(6(2)13)17-8-5-4-7(14)11-12-8/h4-5,9H,3H2,1-2H3,(H,11,14)/t9-/m0/s1. The van der Waals surface area contributed by atoms with Crippen LogP contribution in [0.4, 0.5) is 0 Å². The van der Waals surface area contributed by atoms with E-state index in [2.05, 4.69) is 14.9 Å². The Labute approximate surface area is 96.7 Å². The Balaban J connectivity index is 2.80. The second kappa shape index (κ2) is 5.78. The molecule has 0 unspecified atom stereocenters. The van der Waals surface area contributed by atoms with E-state index in [1.165, 1.54) is 19.1 Å². The molecule has 0 saturated heterocycles. The highest BCUT2D eigenvalue weighted by Gasteiger charge is 2.27. The molecular weight excluding hydrogens is 228 g/mol. The number of hydrogen-bond acceptors (Lipinski definition) is 6. The summed E-state index contributed by atoms with van der Waals surface area (Å²) >= 11 is 0. The molecule has 1 aromatic rings. The molecule has 1 aromatic heterocycles. The van der Waals surface area contributed by atoms with Crippen LogP contribution in [0.5, 0.6) is 5.88 Å². The van der Waals surface area contributed by atoms with Crippen LogP contribution in [0.1, 0.15) is 13.8 Å². The van der Waals surface area contributed by atoms with Crippen LogP contribution < -0.4 is 10.3 Å². The zero-order valence-electron chi connectivity index (χ0n) is 9.43. The summed E-state index contributed by atoms with van der Waals surface area (Å²) in [5.41, 5.74) is -0.409. The second-order valence-corrected chi connectivity index (χ2v) is 3.12. The number of carbonyl (C=O) groups is 2. The fourth-order valence-corrected chi connectivity index (χ4v) is 1.03. The van der Waals surface area contributed by atoms with Gasteiger partial charge in [0.15, 0.2) is 5.78 Å². The largest absolute Gasteiger partial charge is 0.463 e. The molecule has 1 rings (SSSR count). The van der Waals surface area contributed by atoms with E-state index in [1.54, 1.807) is 6.92 Å². The quantitative estimate of drug-likeness (QED) is 0.559. The maximum Gasteiger partial charge on any atom is 0.355 e. The Bertz CT molecular complexity index is 448. The summed E-state index contributed by atoms with van der Waals surface area (Å²) < 4.78 is 9.72. The van der Waals surface area contributed by atoms with E-state index in [4.69, 9.17) is 4.74 Å². The molecule has 7 heteroatoms. The van der Waals surface area contributed by atoms with Gasteiger partial charge in [-0.15, -0.1) is 5.10 Å². The number of nitrogens with one attached hydrogen (secondary N) is 1. The van der Waals surface area contributed by atoms with Gasteiger partial charge in [0.2, 0.25) is 5.88 Å².